The Balaban J connectivity index is 0.000000201. The Morgan fingerprint density at radius 2 is 0.974 bits per heavy atom. The average molecular weight is 1370 g/mol. The van der Waals surface area contributed by atoms with Crippen molar-refractivity contribution in [3.05, 3.63) is 219 Å². The Bertz CT molecular complexity index is 3140. The number of fused-ring (bicyclic) bond motifs is 3. The van der Waals surface area contributed by atoms with E-state index in [1.807, 2.05) is 42.7 Å². The number of aromatic nitrogens is 2. The molecular formula is C66H66IrN8OPt-8. The maximum absolute atomic E-state index is 6.68. The normalized spacial score (nSPS) is 13.8. The summed E-state index contributed by atoms with van der Waals surface area (Å²) in [4.78, 5) is 22.9. The number of anilines is 9. The molecule has 8 aromatic rings. The van der Waals surface area contributed by atoms with Crippen LogP contribution in [-0.4, -0.2) is 30.1 Å². The van der Waals surface area contributed by atoms with E-state index in [-0.39, 0.29) is 57.4 Å². The van der Waals surface area contributed by atoms with E-state index in [1.54, 1.807) is 0 Å². The number of rotatable bonds is 11. The smallest absolute Gasteiger partial charge is 0.0326 e. The van der Waals surface area contributed by atoms with Crippen LogP contribution in [0.1, 0.15) is 91.8 Å². The maximum atomic E-state index is 6.68. The van der Waals surface area contributed by atoms with Crippen LogP contribution in [0.25, 0.3) is 11.4 Å². The van der Waals surface area contributed by atoms with Gasteiger partial charge in [0, 0.05) is 86.8 Å². The number of hydrogen-bond donors (Lipinski definition) is 0. The van der Waals surface area contributed by atoms with Gasteiger partial charge in [-0.05, 0) is 87.2 Å². The second-order valence-electron chi connectivity index (χ2n) is 22.4. The number of hydrogen-bond acceptors (Lipinski definition) is 9. The number of ether oxygens (including phenoxy) is 1. The van der Waals surface area contributed by atoms with Crippen molar-refractivity contribution in [2.75, 3.05) is 49.5 Å². The van der Waals surface area contributed by atoms with Gasteiger partial charge >= 0.3 is 0 Å². The minimum Gasteiger partial charge on any atom is -0.510 e. The number of nitrogens with zero attached hydrogens (tertiary/aromatic N) is 8. The third-order valence-electron chi connectivity index (χ3n) is 13.7. The van der Waals surface area contributed by atoms with Crippen LogP contribution in [0, 0.1) is 50.3 Å². The summed E-state index contributed by atoms with van der Waals surface area (Å²) >= 11 is 0. The quantitative estimate of drug-likeness (QED) is 0.0931. The molecule has 0 saturated heterocycles. The monoisotopic (exact) mass is 1370 g/mol. The summed E-state index contributed by atoms with van der Waals surface area (Å²) in [5, 5.41) is 0. The zero-order valence-corrected chi connectivity index (χ0v) is 50.3. The van der Waals surface area contributed by atoms with Gasteiger partial charge in [-0.15, -0.1) is 57.8 Å². The van der Waals surface area contributed by atoms with E-state index >= 15 is 0 Å². The van der Waals surface area contributed by atoms with Gasteiger partial charge in [-0.1, -0.05) is 115 Å². The van der Waals surface area contributed by atoms with Crippen LogP contribution in [0.15, 0.2) is 152 Å². The van der Waals surface area contributed by atoms with Gasteiger partial charge in [0.25, 0.3) is 0 Å². The van der Waals surface area contributed by atoms with Crippen LogP contribution >= 0.6 is 0 Å². The fraction of sp³-hybridized carbons (Fsp3) is 0.258. The van der Waals surface area contributed by atoms with Gasteiger partial charge in [0.05, 0.1) is 0 Å². The minimum absolute atomic E-state index is 0. The van der Waals surface area contributed by atoms with Crippen LogP contribution in [0.4, 0.5) is 51.2 Å². The van der Waals surface area contributed by atoms with E-state index in [2.05, 4.69) is 263 Å². The summed E-state index contributed by atoms with van der Waals surface area (Å²) in [7, 11) is 2.06. The van der Waals surface area contributed by atoms with E-state index in [4.69, 9.17) is 9.72 Å². The molecular weight excluding hydrogens is 1310 g/mol. The van der Waals surface area contributed by atoms with Crippen molar-refractivity contribution in [3.63, 3.8) is 0 Å². The SMILES string of the molecule is CN1[CH-]N(c2[c-]c(Oc3[c-]c(-c4[c-]cc(C(C)(C)C)cn4)ncc3C(C)(C)C)cc(C(C)(C)C)c2)c2ccccc21.[Ir].[Pt].[c-]1ccccc1N1[CH-]N(CCCCN2[CH-]N(c3[c-]cccc3)c3ccccc32)c2ccccc21. The van der Waals surface area contributed by atoms with Gasteiger partial charge < -0.3 is 44.1 Å². The minimum atomic E-state index is -0.209. The standard InChI is InChI=1S/C36H40N4O.C30H26N4.Ir.Pt/c1-34(2,3)24-15-16-29(37-21-24)30-20-33(28(22-38-30)36(7,8)9)41-27-18-25(35(4,5)6)17-26(19-27)40-23-39(10)31-13-11-12-14-32(31)40;1-3-13-25(14-4-1)33-23-31(27-17-7-9-19-29(27)33)21-11-12-22-32-24-34(26-15-5-2-6-16-26)30-20-10-8-18-28(30)32;;/h11-15,17-18,21-23H,1-10H3;1-10,13,15,17-20,23-24H,11-12,21-22H2;;/q2*-4;;. The summed E-state index contributed by atoms with van der Waals surface area (Å²) in [6, 6.07) is 65.1. The zero-order valence-electron chi connectivity index (χ0n) is 45.6. The summed E-state index contributed by atoms with van der Waals surface area (Å²) in [6.45, 7) is 28.1. The van der Waals surface area contributed by atoms with Crippen molar-refractivity contribution in [2.45, 2.75) is 91.4 Å². The molecule has 9 nitrogen and oxygen atoms in total. The van der Waals surface area contributed by atoms with Crippen LogP contribution in [0.3, 0.4) is 0 Å². The van der Waals surface area contributed by atoms with Gasteiger partial charge in [-0.25, -0.2) is 6.07 Å². The van der Waals surface area contributed by atoms with E-state index in [0.29, 0.717) is 22.9 Å². The second-order valence-corrected chi connectivity index (χ2v) is 22.4. The Labute approximate surface area is 486 Å². The molecule has 0 unspecified atom stereocenters. The molecule has 6 aromatic carbocycles. The van der Waals surface area contributed by atoms with Crippen LogP contribution in [0.2, 0.25) is 0 Å². The topological polar surface area (TPSA) is 54.5 Å². The molecule has 2 aromatic heterocycles. The number of pyridine rings is 2. The Kier molecular flexibility index (Phi) is 17.4. The number of benzene rings is 6. The predicted molar refractivity (Wildman–Crippen MR) is 308 cm³/mol. The molecule has 0 spiro atoms. The molecule has 0 saturated carbocycles. The Hall–Kier alpha value is -6.44. The molecule has 0 fully saturated rings. The van der Waals surface area contributed by atoms with Crippen LogP contribution in [-0.2, 0) is 57.4 Å². The Morgan fingerprint density at radius 3 is 1.45 bits per heavy atom. The van der Waals surface area contributed by atoms with Gasteiger partial charge in [0.2, 0.25) is 0 Å². The number of unbranched alkanes of at least 4 members (excludes halogenated alkanes) is 1. The van der Waals surface area contributed by atoms with E-state index in [9.17, 15) is 0 Å². The molecule has 1 radical (unpaired) electrons. The summed E-state index contributed by atoms with van der Waals surface area (Å²) in [5.41, 5.74) is 14.4. The molecule has 403 valence electrons. The van der Waals surface area contributed by atoms with Gasteiger partial charge in [-0.3, -0.25) is 0 Å². The fourth-order valence-electron chi connectivity index (χ4n) is 9.46. The van der Waals surface area contributed by atoms with Crippen molar-refractivity contribution in [3.8, 4) is 22.9 Å². The zero-order chi connectivity index (χ0) is 52.5. The van der Waals surface area contributed by atoms with Crippen LogP contribution in [0.5, 0.6) is 11.5 Å². The van der Waals surface area contributed by atoms with Crippen LogP contribution < -0.4 is 34.1 Å². The largest absolute Gasteiger partial charge is 0.510 e. The van der Waals surface area contributed by atoms with Gasteiger partial charge in [0.1, 0.15) is 0 Å². The summed E-state index contributed by atoms with van der Waals surface area (Å²) < 4.78 is 6.68. The molecule has 0 aliphatic carbocycles. The molecule has 3 aliphatic heterocycles. The van der Waals surface area contributed by atoms with E-state index in [1.165, 1.54) is 22.7 Å². The van der Waals surface area contributed by atoms with Crippen molar-refractivity contribution >= 4 is 51.2 Å². The first-order valence-corrected chi connectivity index (χ1v) is 26.0. The second kappa shape index (κ2) is 23.7. The Morgan fingerprint density at radius 1 is 0.494 bits per heavy atom. The van der Waals surface area contributed by atoms with Crippen molar-refractivity contribution < 1.29 is 45.9 Å². The first kappa shape index (κ1) is 56.8. The molecule has 77 heavy (non-hydrogen) atoms. The van der Waals surface area contributed by atoms with E-state index in [0.717, 1.165) is 71.1 Å². The molecule has 0 N–H and O–H groups in total. The number of para-hydroxylation sites is 8. The predicted octanol–water partition coefficient (Wildman–Crippen LogP) is 15.9. The van der Waals surface area contributed by atoms with Crippen molar-refractivity contribution in [2.24, 2.45) is 0 Å². The summed E-state index contributed by atoms with van der Waals surface area (Å²) in [5.74, 6) is 1.25. The molecule has 5 heterocycles. The molecule has 0 amide bonds. The molecule has 0 atom stereocenters. The maximum Gasteiger partial charge on any atom is 0.0326 e. The third-order valence-corrected chi connectivity index (χ3v) is 13.7. The van der Waals surface area contributed by atoms with Crippen molar-refractivity contribution in [1.82, 2.24) is 9.97 Å². The van der Waals surface area contributed by atoms with Gasteiger partial charge in [-0.2, -0.15) is 92.8 Å². The van der Waals surface area contributed by atoms with E-state index < -0.39 is 0 Å². The third kappa shape index (κ3) is 12.6. The fourth-order valence-corrected chi connectivity index (χ4v) is 9.46. The van der Waals surface area contributed by atoms with Gasteiger partial charge in [0.15, 0.2) is 0 Å². The first-order valence-electron chi connectivity index (χ1n) is 26.0. The summed E-state index contributed by atoms with van der Waals surface area (Å²) in [6.07, 6.45) is 5.97. The molecule has 3 aliphatic rings. The molecule has 11 rings (SSSR count). The molecule has 0 bridgehead atoms. The molecule has 11 heteroatoms. The first-order chi connectivity index (χ1) is 36.0. The van der Waals surface area contributed by atoms with Crippen molar-refractivity contribution in [1.29, 1.82) is 0 Å². The average Bonchev–Trinajstić information content (AvgIpc) is 4.14.